The highest BCUT2D eigenvalue weighted by molar-refractivity contribution is 7.89. The maximum Gasteiger partial charge on any atom is 0.244 e. The molecule has 0 saturated carbocycles. The fraction of sp³-hybridized carbons (Fsp3) is 0.857. The highest BCUT2D eigenvalue weighted by Crippen LogP contribution is 2.31. The molecule has 8 heteroatoms. The predicted octanol–water partition coefficient (Wildman–Crippen LogP) is 1.61. The molecule has 0 radical (unpaired) electrons. The van der Waals surface area contributed by atoms with Crippen LogP contribution in [0.3, 0.4) is 0 Å². The van der Waals surface area contributed by atoms with Crippen LogP contribution in [0.15, 0.2) is 4.52 Å². The molecular weight excluding hydrogens is 304 g/mol. The van der Waals surface area contributed by atoms with Gasteiger partial charge in [-0.3, -0.25) is 4.90 Å². The minimum Gasteiger partial charge on any atom is -0.338 e. The third-order valence-electron chi connectivity index (χ3n) is 4.03. The molecule has 1 aromatic rings. The topological polar surface area (TPSA) is 79.5 Å². The van der Waals surface area contributed by atoms with Gasteiger partial charge in [0.1, 0.15) is 0 Å². The molecule has 0 aliphatic carbocycles. The van der Waals surface area contributed by atoms with Crippen molar-refractivity contribution < 1.29 is 12.9 Å². The summed E-state index contributed by atoms with van der Waals surface area (Å²) in [4.78, 5) is 6.73. The number of aromatic nitrogens is 2. The molecule has 0 aromatic carbocycles. The minimum atomic E-state index is -3.12. The molecule has 7 nitrogen and oxygen atoms in total. The monoisotopic (exact) mass is 330 g/mol. The van der Waals surface area contributed by atoms with Crippen molar-refractivity contribution in [3.8, 4) is 0 Å². The molecule has 1 aromatic heterocycles. The Bertz CT molecular complexity index is 583. The van der Waals surface area contributed by atoms with Crippen LogP contribution in [0.5, 0.6) is 0 Å². The second-order valence-electron chi connectivity index (χ2n) is 6.29. The number of rotatable bonds is 7. The number of hydrogen-bond acceptors (Lipinski definition) is 6. The van der Waals surface area contributed by atoms with Crippen LogP contribution in [-0.4, -0.2) is 60.7 Å². The predicted molar refractivity (Wildman–Crippen MR) is 84.0 cm³/mol. The Morgan fingerprint density at radius 1 is 1.41 bits per heavy atom. The maximum atomic E-state index is 11.8. The average Bonchev–Trinajstić information content (AvgIpc) is 3.05. The van der Waals surface area contributed by atoms with Crippen molar-refractivity contribution in [3.63, 3.8) is 0 Å². The number of hydrogen-bond donors (Lipinski definition) is 0. The first-order chi connectivity index (χ1) is 10.3. The van der Waals surface area contributed by atoms with E-state index in [4.69, 9.17) is 4.52 Å². The molecule has 126 valence electrons. The summed E-state index contributed by atoms with van der Waals surface area (Å²) in [6, 6.07) is 0.127. The molecular formula is C14H26N4O3S. The molecule has 2 heterocycles. The molecule has 0 spiro atoms. The Hall–Kier alpha value is -0.990. The highest BCUT2D eigenvalue weighted by Gasteiger charge is 2.30. The summed E-state index contributed by atoms with van der Waals surface area (Å²) in [5, 5.41) is 4.02. The third-order valence-corrected chi connectivity index (χ3v) is 5.94. The van der Waals surface area contributed by atoms with Gasteiger partial charge >= 0.3 is 0 Å². The van der Waals surface area contributed by atoms with Crippen molar-refractivity contribution in [1.29, 1.82) is 0 Å². The summed E-state index contributed by atoms with van der Waals surface area (Å²) in [6.45, 7) is 5.75. The Morgan fingerprint density at radius 2 is 2.14 bits per heavy atom. The van der Waals surface area contributed by atoms with Gasteiger partial charge in [0.05, 0.1) is 11.8 Å². The Morgan fingerprint density at radius 3 is 2.73 bits per heavy atom. The SMILES string of the molecule is CC(C)c1noc([C@@H]2CCCN2CCCS(=O)(=O)N(C)C)n1. The fourth-order valence-corrected chi connectivity index (χ4v) is 3.48. The van der Waals surface area contributed by atoms with Crippen LogP contribution in [0, 0.1) is 0 Å². The molecule has 0 amide bonds. The van der Waals surface area contributed by atoms with Crippen LogP contribution in [-0.2, 0) is 10.0 Å². The van der Waals surface area contributed by atoms with E-state index in [0.29, 0.717) is 12.3 Å². The van der Waals surface area contributed by atoms with Gasteiger partial charge in [0.2, 0.25) is 15.9 Å². The zero-order valence-corrected chi connectivity index (χ0v) is 14.6. The van der Waals surface area contributed by atoms with E-state index >= 15 is 0 Å². The maximum absolute atomic E-state index is 11.8. The normalized spacial score (nSPS) is 20.4. The van der Waals surface area contributed by atoms with Crippen molar-refractivity contribution in [1.82, 2.24) is 19.3 Å². The van der Waals surface area contributed by atoms with E-state index in [0.717, 1.165) is 31.8 Å². The van der Waals surface area contributed by atoms with Gasteiger partial charge in [0.25, 0.3) is 0 Å². The van der Waals surface area contributed by atoms with Crippen molar-refractivity contribution >= 4 is 10.0 Å². The number of sulfonamides is 1. The van der Waals surface area contributed by atoms with E-state index in [1.807, 2.05) is 13.8 Å². The lowest BCUT2D eigenvalue weighted by molar-refractivity contribution is 0.208. The van der Waals surface area contributed by atoms with Crippen LogP contribution in [0.1, 0.15) is 56.8 Å². The second-order valence-corrected chi connectivity index (χ2v) is 8.59. The van der Waals surface area contributed by atoms with Gasteiger partial charge in [-0.2, -0.15) is 4.98 Å². The summed E-state index contributed by atoms with van der Waals surface area (Å²) in [5.41, 5.74) is 0. The van der Waals surface area contributed by atoms with Crippen LogP contribution in [0.2, 0.25) is 0 Å². The number of nitrogens with zero attached hydrogens (tertiary/aromatic N) is 4. The van der Waals surface area contributed by atoms with Gasteiger partial charge < -0.3 is 4.52 Å². The second kappa shape index (κ2) is 7.06. The zero-order chi connectivity index (χ0) is 16.3. The standard InChI is InChI=1S/C14H26N4O3S/c1-11(2)13-15-14(21-16-13)12-7-5-8-18(12)9-6-10-22(19,20)17(3)4/h11-12H,5-10H2,1-4H3/t12-/m0/s1. The van der Waals surface area contributed by atoms with E-state index in [1.165, 1.54) is 4.31 Å². The van der Waals surface area contributed by atoms with E-state index in [1.54, 1.807) is 14.1 Å². The van der Waals surface area contributed by atoms with Crippen LogP contribution < -0.4 is 0 Å². The van der Waals surface area contributed by atoms with Crippen LogP contribution in [0.4, 0.5) is 0 Å². The molecule has 2 rings (SSSR count). The summed E-state index contributed by atoms with van der Waals surface area (Å²) in [6.07, 6.45) is 2.67. The molecule has 22 heavy (non-hydrogen) atoms. The molecule has 1 fully saturated rings. The van der Waals surface area contributed by atoms with Crippen molar-refractivity contribution in [2.45, 2.75) is 45.1 Å². The lowest BCUT2D eigenvalue weighted by Gasteiger charge is -2.21. The summed E-state index contributed by atoms with van der Waals surface area (Å²) < 4.78 is 30.3. The van der Waals surface area contributed by atoms with Crippen LogP contribution >= 0.6 is 0 Å². The Balaban J connectivity index is 1.93. The van der Waals surface area contributed by atoms with Gasteiger partial charge in [0.15, 0.2) is 5.82 Å². The summed E-state index contributed by atoms with van der Waals surface area (Å²) >= 11 is 0. The first-order valence-electron chi connectivity index (χ1n) is 7.79. The van der Waals surface area contributed by atoms with Gasteiger partial charge in [0, 0.05) is 20.0 Å². The average molecular weight is 330 g/mol. The van der Waals surface area contributed by atoms with Crippen molar-refractivity contribution in [2.75, 3.05) is 32.9 Å². The molecule has 0 bridgehead atoms. The molecule has 1 saturated heterocycles. The molecule has 1 atom stereocenters. The Kier molecular flexibility index (Phi) is 5.57. The zero-order valence-electron chi connectivity index (χ0n) is 13.8. The number of likely N-dealkylation sites (tertiary alicyclic amines) is 1. The van der Waals surface area contributed by atoms with Crippen molar-refractivity contribution in [2.24, 2.45) is 0 Å². The van der Waals surface area contributed by atoms with Crippen LogP contribution in [0.25, 0.3) is 0 Å². The lowest BCUT2D eigenvalue weighted by atomic mass is 10.2. The van der Waals surface area contributed by atoms with Gasteiger partial charge in [-0.25, -0.2) is 12.7 Å². The third kappa shape index (κ3) is 4.05. The fourth-order valence-electron chi connectivity index (χ4n) is 2.62. The Labute approximate surface area is 132 Å². The molecule has 0 unspecified atom stereocenters. The quantitative estimate of drug-likeness (QED) is 0.756. The summed E-state index contributed by atoms with van der Waals surface area (Å²) in [5.74, 6) is 1.82. The van der Waals surface area contributed by atoms with E-state index in [2.05, 4.69) is 15.0 Å². The van der Waals surface area contributed by atoms with Gasteiger partial charge in [-0.15, -0.1) is 0 Å². The summed E-state index contributed by atoms with van der Waals surface area (Å²) in [7, 11) is 0.0148. The lowest BCUT2D eigenvalue weighted by Crippen LogP contribution is -2.29. The molecule has 1 aliphatic heterocycles. The van der Waals surface area contributed by atoms with Gasteiger partial charge in [-0.1, -0.05) is 19.0 Å². The molecule has 0 N–H and O–H groups in total. The smallest absolute Gasteiger partial charge is 0.244 e. The highest BCUT2D eigenvalue weighted by atomic mass is 32.2. The largest absolute Gasteiger partial charge is 0.338 e. The minimum absolute atomic E-state index is 0.127. The van der Waals surface area contributed by atoms with E-state index in [-0.39, 0.29) is 17.7 Å². The van der Waals surface area contributed by atoms with Gasteiger partial charge in [-0.05, 0) is 32.4 Å². The van der Waals surface area contributed by atoms with E-state index < -0.39 is 10.0 Å². The van der Waals surface area contributed by atoms with E-state index in [9.17, 15) is 8.42 Å². The first kappa shape index (κ1) is 17.4. The van der Waals surface area contributed by atoms with Crippen molar-refractivity contribution in [3.05, 3.63) is 11.7 Å². The first-order valence-corrected chi connectivity index (χ1v) is 9.40. The molecule has 1 aliphatic rings.